The second-order valence-corrected chi connectivity index (χ2v) is 4.49. The highest BCUT2D eigenvalue weighted by molar-refractivity contribution is 5.99. The summed E-state index contributed by atoms with van der Waals surface area (Å²) >= 11 is 0. The fraction of sp³-hybridized carbons (Fsp3) is 0.500. The van der Waals surface area contributed by atoms with Crippen molar-refractivity contribution >= 4 is 11.6 Å². The van der Waals surface area contributed by atoms with Gasteiger partial charge in [0.15, 0.2) is 0 Å². The van der Waals surface area contributed by atoms with E-state index in [1.165, 1.54) is 0 Å². The van der Waals surface area contributed by atoms with E-state index in [0.717, 1.165) is 5.56 Å². The van der Waals surface area contributed by atoms with Crippen LogP contribution in [0.1, 0.15) is 29.8 Å². The lowest BCUT2D eigenvalue weighted by molar-refractivity contribution is 0.0580. The Balaban J connectivity index is 2.96. The molecule has 0 saturated carbocycles. The Bertz CT molecular complexity index is 418. The van der Waals surface area contributed by atoms with Crippen molar-refractivity contribution in [2.24, 2.45) is 0 Å². The van der Waals surface area contributed by atoms with Gasteiger partial charge >= 0.3 is 0 Å². The number of nitrogens with two attached hydrogens (primary N) is 1. The third kappa shape index (κ3) is 3.23. The lowest BCUT2D eigenvalue weighted by Crippen LogP contribution is -2.41. The van der Waals surface area contributed by atoms with Gasteiger partial charge in [-0.25, -0.2) is 0 Å². The third-order valence-electron chi connectivity index (χ3n) is 2.98. The van der Waals surface area contributed by atoms with Gasteiger partial charge < -0.3 is 15.4 Å². The molecule has 0 fully saturated rings. The number of rotatable bonds is 5. The van der Waals surface area contributed by atoms with Gasteiger partial charge in [-0.2, -0.15) is 0 Å². The number of nitrogen functional groups attached to an aromatic ring is 1. The van der Waals surface area contributed by atoms with Crippen LogP contribution in [0.25, 0.3) is 0 Å². The van der Waals surface area contributed by atoms with Crippen LogP contribution in [-0.2, 0) is 4.74 Å². The zero-order valence-corrected chi connectivity index (χ0v) is 11.6. The largest absolute Gasteiger partial charge is 0.398 e. The first-order chi connectivity index (χ1) is 8.51. The first-order valence-electron chi connectivity index (χ1n) is 6.17. The van der Waals surface area contributed by atoms with Crippen molar-refractivity contribution in [1.29, 1.82) is 0 Å². The molecule has 18 heavy (non-hydrogen) atoms. The van der Waals surface area contributed by atoms with Crippen molar-refractivity contribution in [2.45, 2.75) is 26.8 Å². The van der Waals surface area contributed by atoms with Gasteiger partial charge in [0, 0.05) is 19.3 Å². The van der Waals surface area contributed by atoms with Crippen molar-refractivity contribution in [3.05, 3.63) is 29.3 Å². The highest BCUT2D eigenvalue weighted by Crippen LogP contribution is 2.17. The third-order valence-corrected chi connectivity index (χ3v) is 2.98. The van der Waals surface area contributed by atoms with E-state index in [1.807, 2.05) is 32.9 Å². The summed E-state index contributed by atoms with van der Waals surface area (Å²) in [4.78, 5) is 14.2. The molecule has 4 heteroatoms. The standard InChI is InChI=1S/C14H22N2O2/c1-5-16(11(3)9-18-4)14(17)12-7-6-10(2)8-13(12)15/h6-8,11H,5,9,15H2,1-4H3. The number of hydrogen-bond donors (Lipinski definition) is 1. The van der Waals surface area contributed by atoms with E-state index in [2.05, 4.69) is 0 Å². The molecular formula is C14H22N2O2. The van der Waals surface area contributed by atoms with Crippen LogP contribution in [0.15, 0.2) is 18.2 Å². The molecular weight excluding hydrogens is 228 g/mol. The molecule has 2 N–H and O–H groups in total. The molecule has 4 nitrogen and oxygen atoms in total. The molecule has 0 aliphatic carbocycles. The van der Waals surface area contributed by atoms with Crippen molar-refractivity contribution in [3.63, 3.8) is 0 Å². The molecule has 0 bridgehead atoms. The van der Waals surface area contributed by atoms with Crippen molar-refractivity contribution < 1.29 is 9.53 Å². The van der Waals surface area contributed by atoms with Crippen LogP contribution in [0.4, 0.5) is 5.69 Å². The summed E-state index contributed by atoms with van der Waals surface area (Å²) in [7, 11) is 1.63. The fourth-order valence-electron chi connectivity index (χ4n) is 2.02. The Labute approximate surface area is 109 Å². The molecule has 100 valence electrons. The van der Waals surface area contributed by atoms with Crippen LogP contribution in [0.2, 0.25) is 0 Å². The lowest BCUT2D eigenvalue weighted by Gasteiger charge is -2.28. The van der Waals surface area contributed by atoms with Gasteiger partial charge in [0.05, 0.1) is 18.2 Å². The number of nitrogens with zero attached hydrogens (tertiary/aromatic N) is 1. The lowest BCUT2D eigenvalue weighted by atomic mass is 10.1. The maximum absolute atomic E-state index is 12.4. The number of amides is 1. The predicted octanol–water partition coefficient (Wildman–Crippen LogP) is 2.07. The molecule has 1 aromatic carbocycles. The Morgan fingerprint density at radius 3 is 2.67 bits per heavy atom. The van der Waals surface area contributed by atoms with E-state index in [4.69, 9.17) is 10.5 Å². The molecule has 0 heterocycles. The summed E-state index contributed by atoms with van der Waals surface area (Å²) in [6, 6.07) is 5.54. The van der Waals surface area contributed by atoms with Crippen LogP contribution < -0.4 is 5.73 Å². The van der Waals surface area contributed by atoms with Crippen LogP contribution in [0, 0.1) is 6.92 Å². The summed E-state index contributed by atoms with van der Waals surface area (Å²) < 4.78 is 5.10. The minimum absolute atomic E-state index is 0.0354. The summed E-state index contributed by atoms with van der Waals surface area (Å²) in [5.41, 5.74) is 8.05. The molecule has 1 amide bonds. The molecule has 0 aliphatic rings. The van der Waals surface area contributed by atoms with E-state index in [1.54, 1.807) is 18.1 Å². The van der Waals surface area contributed by atoms with Crippen LogP contribution in [0.5, 0.6) is 0 Å². The number of hydrogen-bond acceptors (Lipinski definition) is 3. The number of benzene rings is 1. The Hall–Kier alpha value is -1.55. The van der Waals surface area contributed by atoms with Crippen LogP contribution in [0.3, 0.4) is 0 Å². The molecule has 0 saturated heterocycles. The van der Waals surface area contributed by atoms with E-state index in [9.17, 15) is 4.79 Å². The summed E-state index contributed by atoms with van der Waals surface area (Å²) in [5, 5.41) is 0. The number of anilines is 1. The van der Waals surface area contributed by atoms with Gasteiger partial charge in [-0.1, -0.05) is 6.07 Å². The van der Waals surface area contributed by atoms with E-state index >= 15 is 0 Å². The first kappa shape index (κ1) is 14.5. The van der Waals surface area contributed by atoms with Crippen molar-refractivity contribution in [3.8, 4) is 0 Å². The molecule has 0 radical (unpaired) electrons. The predicted molar refractivity (Wildman–Crippen MR) is 73.6 cm³/mol. The van der Waals surface area contributed by atoms with Gasteiger partial charge in [-0.05, 0) is 38.5 Å². The van der Waals surface area contributed by atoms with Crippen molar-refractivity contribution in [1.82, 2.24) is 4.90 Å². The first-order valence-corrected chi connectivity index (χ1v) is 6.17. The van der Waals surface area contributed by atoms with E-state index < -0.39 is 0 Å². The fourth-order valence-corrected chi connectivity index (χ4v) is 2.02. The highest BCUT2D eigenvalue weighted by Gasteiger charge is 2.21. The number of carbonyl (C=O) groups is 1. The molecule has 0 aliphatic heterocycles. The number of methoxy groups -OCH3 is 1. The number of ether oxygens (including phenoxy) is 1. The van der Waals surface area contributed by atoms with Crippen LogP contribution in [-0.4, -0.2) is 37.1 Å². The normalized spacial score (nSPS) is 12.2. The molecule has 1 rings (SSSR count). The minimum atomic E-state index is -0.0421. The second kappa shape index (κ2) is 6.40. The van der Waals surface area contributed by atoms with Crippen molar-refractivity contribution in [2.75, 3.05) is 26.0 Å². The maximum Gasteiger partial charge on any atom is 0.256 e. The van der Waals surface area contributed by atoms with Gasteiger partial charge in [-0.3, -0.25) is 4.79 Å². The average molecular weight is 250 g/mol. The SMILES string of the molecule is CCN(C(=O)c1ccc(C)cc1N)C(C)COC. The van der Waals surface area contributed by atoms with Gasteiger partial charge in [0.2, 0.25) is 0 Å². The molecule has 1 aromatic rings. The van der Waals surface area contributed by atoms with E-state index in [-0.39, 0.29) is 11.9 Å². The van der Waals surface area contributed by atoms with Gasteiger partial charge in [0.25, 0.3) is 5.91 Å². The quantitative estimate of drug-likeness (QED) is 0.814. The Morgan fingerprint density at radius 1 is 1.50 bits per heavy atom. The highest BCUT2D eigenvalue weighted by atomic mass is 16.5. The second-order valence-electron chi connectivity index (χ2n) is 4.49. The average Bonchev–Trinajstić information content (AvgIpc) is 2.29. The van der Waals surface area contributed by atoms with Crippen LogP contribution >= 0.6 is 0 Å². The Kier molecular flexibility index (Phi) is 5.16. The van der Waals surface area contributed by atoms with E-state index in [0.29, 0.717) is 24.4 Å². The molecule has 1 atom stereocenters. The smallest absolute Gasteiger partial charge is 0.256 e. The number of likely N-dealkylation sites (N-methyl/N-ethyl adjacent to an activating group) is 1. The zero-order valence-electron chi connectivity index (χ0n) is 11.6. The number of carbonyl (C=O) groups excluding carboxylic acids is 1. The monoisotopic (exact) mass is 250 g/mol. The summed E-state index contributed by atoms with van der Waals surface area (Å²) in [5.74, 6) is -0.0421. The molecule has 0 spiro atoms. The summed E-state index contributed by atoms with van der Waals surface area (Å²) in [6.07, 6.45) is 0. The zero-order chi connectivity index (χ0) is 13.7. The van der Waals surface area contributed by atoms with Gasteiger partial charge in [0.1, 0.15) is 0 Å². The topological polar surface area (TPSA) is 55.6 Å². The van der Waals surface area contributed by atoms with Gasteiger partial charge in [-0.15, -0.1) is 0 Å². The summed E-state index contributed by atoms with van der Waals surface area (Å²) in [6.45, 7) is 7.03. The Morgan fingerprint density at radius 2 is 2.17 bits per heavy atom. The maximum atomic E-state index is 12.4. The molecule has 0 aromatic heterocycles. The minimum Gasteiger partial charge on any atom is -0.398 e. The number of aryl methyl sites for hydroxylation is 1. The molecule has 1 unspecified atom stereocenters.